The second-order valence-electron chi connectivity index (χ2n) is 5.33. The fourth-order valence-electron chi connectivity index (χ4n) is 2.06. The van der Waals surface area contributed by atoms with Gasteiger partial charge in [-0.1, -0.05) is 29.8 Å². The van der Waals surface area contributed by atoms with E-state index in [-0.39, 0.29) is 26.9 Å². The number of nitrogens with two attached hydrogens (primary N) is 2. The van der Waals surface area contributed by atoms with E-state index in [1.165, 1.54) is 4.68 Å². The maximum absolute atomic E-state index is 11.4. The third-order valence-electron chi connectivity index (χ3n) is 3.25. The Morgan fingerprint density at radius 1 is 1.15 bits per heavy atom. The minimum atomic E-state index is -3.92. The molecule has 0 fully saturated rings. The molecule has 3 rings (SSSR count). The summed E-state index contributed by atoms with van der Waals surface area (Å²) in [5.41, 5.74) is 6.97. The average Bonchev–Trinajstić information content (AvgIpc) is 2.90. The van der Waals surface area contributed by atoms with Crippen molar-refractivity contribution in [1.29, 1.82) is 0 Å². The third kappa shape index (κ3) is 4.66. The number of aromatic amines is 1. The maximum Gasteiger partial charge on any atom is 0.271 e. The van der Waals surface area contributed by atoms with Gasteiger partial charge >= 0.3 is 0 Å². The summed E-state index contributed by atoms with van der Waals surface area (Å²) >= 11 is 5.54. The number of anilines is 1. The van der Waals surface area contributed by atoms with Crippen LogP contribution in [0.5, 0.6) is 5.75 Å². The predicted molar refractivity (Wildman–Crippen MR) is 100 cm³/mol. The highest BCUT2D eigenvalue weighted by molar-refractivity contribution is 7.89. The lowest BCUT2D eigenvalue weighted by Crippen LogP contribution is -2.12. The number of nitrogens with one attached hydrogen (secondary N) is 1. The summed E-state index contributed by atoms with van der Waals surface area (Å²) in [4.78, 5) is 11.0. The Morgan fingerprint density at radius 3 is 2.27 bits per heavy atom. The number of phenolic OH excluding ortho intramolecular Hbond substituents is 1. The van der Waals surface area contributed by atoms with Crippen LogP contribution >= 0.6 is 11.6 Å². The van der Waals surface area contributed by atoms with E-state index in [9.17, 15) is 13.2 Å². The molecule has 2 aromatic carbocycles. The van der Waals surface area contributed by atoms with Crippen molar-refractivity contribution in [3.8, 4) is 11.4 Å². The summed E-state index contributed by atoms with van der Waals surface area (Å²) in [6.07, 6.45) is 0. The van der Waals surface area contributed by atoms with Gasteiger partial charge in [-0.15, -0.1) is 0 Å². The van der Waals surface area contributed by atoms with Gasteiger partial charge in [0.05, 0.1) is 16.4 Å². The minimum absolute atomic E-state index is 0.00241. The number of phenols is 1. The van der Waals surface area contributed by atoms with Gasteiger partial charge in [-0.25, -0.2) is 18.2 Å². The molecule has 0 amide bonds. The summed E-state index contributed by atoms with van der Waals surface area (Å²) in [7, 11) is -3.92. The molecule has 10 heteroatoms. The second-order valence-corrected chi connectivity index (χ2v) is 7.27. The molecule has 0 radical (unpaired) electrons. The average molecular weight is 397 g/mol. The van der Waals surface area contributed by atoms with Gasteiger partial charge in [0.1, 0.15) is 10.6 Å². The highest BCUT2D eigenvalue weighted by Crippen LogP contribution is 2.30. The first-order valence-corrected chi connectivity index (χ1v) is 9.17. The van der Waals surface area contributed by atoms with E-state index in [0.29, 0.717) is 0 Å². The zero-order chi connectivity index (χ0) is 19.5. The molecule has 6 N–H and O–H groups in total. The van der Waals surface area contributed by atoms with Crippen LogP contribution in [0.15, 0.2) is 58.2 Å². The zero-order valence-corrected chi connectivity index (χ0v) is 15.3. The first-order valence-electron chi connectivity index (χ1n) is 7.24. The Morgan fingerprint density at radius 2 is 1.77 bits per heavy atom. The van der Waals surface area contributed by atoms with E-state index in [4.69, 9.17) is 27.6 Å². The lowest BCUT2D eigenvalue weighted by Gasteiger charge is -2.04. The number of aromatic nitrogens is 2. The minimum Gasteiger partial charge on any atom is -0.506 e. The van der Waals surface area contributed by atoms with E-state index in [2.05, 4.69) is 5.10 Å². The molecule has 0 unspecified atom stereocenters. The van der Waals surface area contributed by atoms with Gasteiger partial charge in [0.2, 0.25) is 10.0 Å². The lowest BCUT2D eigenvalue weighted by atomic mass is 10.3. The normalized spacial score (nSPS) is 10.9. The molecule has 0 bridgehead atoms. The number of benzene rings is 2. The molecule has 3 aromatic rings. The number of primary sulfonamides is 1. The number of halogens is 1. The molecular weight excluding hydrogens is 380 g/mol. The summed E-state index contributed by atoms with van der Waals surface area (Å²) in [5.74, 6) is -0.367. The Hall–Kier alpha value is -2.75. The number of nitrogens with zero attached hydrogens (tertiary/aromatic N) is 1. The third-order valence-corrected chi connectivity index (χ3v) is 4.63. The standard InChI is InChI=1S/C10H10N2O.C6H7ClN2O3S/c1-8-7-10(13)12(11-8)9-5-3-2-4-6-9;7-3-1-4(8)5(10)2-6(3)13(9,11)12/h2-7,11H,1H3;1-2,10H,8H2,(H2,9,11,12). The molecule has 0 saturated carbocycles. The predicted octanol–water partition coefficient (Wildman–Crippen LogP) is 1.75. The van der Waals surface area contributed by atoms with Crippen LogP contribution in [0, 0.1) is 6.92 Å². The quantitative estimate of drug-likeness (QED) is 0.385. The van der Waals surface area contributed by atoms with Crippen molar-refractivity contribution in [2.75, 3.05) is 5.73 Å². The van der Waals surface area contributed by atoms with Crippen LogP contribution in [0.3, 0.4) is 0 Å². The van der Waals surface area contributed by atoms with Crippen molar-refractivity contribution in [3.05, 3.63) is 69.6 Å². The number of hydrogen-bond donors (Lipinski definition) is 4. The van der Waals surface area contributed by atoms with E-state index in [1.54, 1.807) is 6.07 Å². The molecule has 0 aliphatic heterocycles. The molecule has 0 aliphatic rings. The highest BCUT2D eigenvalue weighted by atomic mass is 35.5. The van der Waals surface area contributed by atoms with Crippen LogP contribution in [-0.2, 0) is 10.0 Å². The number of para-hydroxylation sites is 1. The summed E-state index contributed by atoms with van der Waals surface area (Å²) in [5, 5.41) is 16.7. The van der Waals surface area contributed by atoms with Crippen molar-refractivity contribution < 1.29 is 13.5 Å². The molecule has 26 heavy (non-hydrogen) atoms. The first-order chi connectivity index (χ1) is 12.1. The molecule has 138 valence electrons. The molecule has 0 saturated heterocycles. The van der Waals surface area contributed by atoms with E-state index in [1.807, 2.05) is 37.3 Å². The van der Waals surface area contributed by atoms with Crippen LogP contribution in [0.1, 0.15) is 5.69 Å². The zero-order valence-electron chi connectivity index (χ0n) is 13.7. The molecule has 8 nitrogen and oxygen atoms in total. The fraction of sp³-hybridized carbons (Fsp3) is 0.0625. The van der Waals surface area contributed by atoms with Crippen LogP contribution in [0.2, 0.25) is 5.02 Å². The van der Waals surface area contributed by atoms with Crippen LogP contribution in [0.4, 0.5) is 5.69 Å². The first kappa shape index (κ1) is 19.6. The number of sulfonamides is 1. The van der Waals surface area contributed by atoms with Crippen molar-refractivity contribution in [2.24, 2.45) is 5.14 Å². The molecule has 0 atom stereocenters. The van der Waals surface area contributed by atoms with Gasteiger partial charge in [-0.3, -0.25) is 9.89 Å². The second kappa shape index (κ2) is 7.65. The number of H-pyrrole nitrogens is 1. The SMILES string of the molecule is Cc1cc(=O)n(-c2ccccc2)[nH]1.Nc1cc(Cl)c(S(N)(=O)=O)cc1O. The summed E-state index contributed by atoms with van der Waals surface area (Å²) in [6, 6.07) is 13.1. The number of hydrogen-bond acceptors (Lipinski definition) is 5. The Kier molecular flexibility index (Phi) is 5.76. The lowest BCUT2D eigenvalue weighted by molar-refractivity contribution is 0.476. The fourth-order valence-corrected chi connectivity index (χ4v) is 3.16. The van der Waals surface area contributed by atoms with Crippen molar-refractivity contribution >= 4 is 27.3 Å². The van der Waals surface area contributed by atoms with Gasteiger partial charge in [-0.2, -0.15) is 0 Å². The molecular formula is C16H17ClN4O4S. The Labute approximate surface area is 154 Å². The smallest absolute Gasteiger partial charge is 0.271 e. The van der Waals surface area contributed by atoms with E-state index < -0.39 is 10.0 Å². The van der Waals surface area contributed by atoms with Gasteiger partial charge in [0.15, 0.2) is 0 Å². The Balaban J connectivity index is 0.000000187. The number of aryl methyl sites for hydroxylation is 1. The van der Waals surface area contributed by atoms with E-state index in [0.717, 1.165) is 23.5 Å². The van der Waals surface area contributed by atoms with Crippen molar-refractivity contribution in [1.82, 2.24) is 9.78 Å². The van der Waals surface area contributed by atoms with Gasteiger partial charge in [0, 0.05) is 17.8 Å². The largest absolute Gasteiger partial charge is 0.506 e. The number of aromatic hydroxyl groups is 1. The van der Waals surface area contributed by atoms with Crippen molar-refractivity contribution in [2.45, 2.75) is 11.8 Å². The molecule has 0 aliphatic carbocycles. The van der Waals surface area contributed by atoms with E-state index >= 15 is 0 Å². The number of rotatable bonds is 2. The van der Waals surface area contributed by atoms with Crippen molar-refractivity contribution in [3.63, 3.8) is 0 Å². The van der Waals surface area contributed by atoms with Crippen LogP contribution < -0.4 is 16.4 Å². The van der Waals surface area contributed by atoms with Gasteiger partial charge in [0.25, 0.3) is 5.56 Å². The van der Waals surface area contributed by atoms with Crippen LogP contribution in [0.25, 0.3) is 5.69 Å². The summed E-state index contributed by atoms with van der Waals surface area (Å²) in [6.45, 7) is 1.86. The Bertz CT molecular complexity index is 1080. The monoisotopic (exact) mass is 396 g/mol. The maximum atomic E-state index is 11.4. The summed E-state index contributed by atoms with van der Waals surface area (Å²) < 4.78 is 23.2. The molecule has 1 aromatic heterocycles. The molecule has 0 spiro atoms. The van der Waals surface area contributed by atoms with Gasteiger partial charge < -0.3 is 10.8 Å². The highest BCUT2D eigenvalue weighted by Gasteiger charge is 2.15. The topological polar surface area (TPSA) is 144 Å². The molecule has 1 heterocycles. The number of nitrogen functional groups attached to an aromatic ring is 1. The van der Waals surface area contributed by atoms with Crippen LogP contribution in [-0.4, -0.2) is 23.3 Å². The van der Waals surface area contributed by atoms with Gasteiger partial charge in [-0.05, 0) is 25.1 Å².